The molecule has 34 heavy (non-hydrogen) atoms. The zero-order valence-electron chi connectivity index (χ0n) is 19.4. The molecule has 0 saturated heterocycles. The molecule has 1 aromatic carbocycles. The van der Waals surface area contributed by atoms with Crippen LogP contribution in [0.4, 0.5) is 5.69 Å². The van der Waals surface area contributed by atoms with Crippen LogP contribution in [-0.2, 0) is 29.2 Å². The number of aryl methyl sites for hydroxylation is 1. The second kappa shape index (κ2) is 10.2. The van der Waals surface area contributed by atoms with E-state index in [-0.39, 0.29) is 17.7 Å². The maximum atomic E-state index is 13.3. The highest BCUT2D eigenvalue weighted by atomic mass is 32.2. The van der Waals surface area contributed by atoms with Crippen molar-refractivity contribution in [2.75, 3.05) is 24.8 Å². The molecular weight excluding hydrogens is 452 g/mol. The van der Waals surface area contributed by atoms with E-state index in [2.05, 4.69) is 25.2 Å². The lowest BCUT2D eigenvalue weighted by atomic mass is 9.88. The van der Waals surface area contributed by atoms with Crippen LogP contribution in [0.15, 0.2) is 29.8 Å². The highest BCUT2D eigenvalue weighted by molar-refractivity contribution is 7.99. The lowest BCUT2D eigenvalue weighted by Crippen LogP contribution is -2.26. The minimum atomic E-state index is -0.223. The Hall–Kier alpha value is -2.85. The Bertz CT molecular complexity index is 1180. The van der Waals surface area contributed by atoms with E-state index in [1.165, 1.54) is 6.42 Å². The largest absolute Gasteiger partial charge is 0.383 e. The first kappa shape index (κ1) is 22.9. The van der Waals surface area contributed by atoms with Gasteiger partial charge in [0, 0.05) is 43.8 Å². The molecule has 1 aliphatic heterocycles. The zero-order valence-corrected chi connectivity index (χ0v) is 20.2. The van der Waals surface area contributed by atoms with Crippen LogP contribution in [0.1, 0.15) is 48.2 Å². The minimum absolute atomic E-state index is 0.0225. The van der Waals surface area contributed by atoms with Gasteiger partial charge in [-0.3, -0.25) is 9.59 Å². The molecule has 1 fully saturated rings. The molecule has 0 unspecified atom stereocenters. The van der Waals surface area contributed by atoms with Gasteiger partial charge in [0.2, 0.25) is 5.91 Å². The number of methoxy groups -OCH3 is 1. The summed E-state index contributed by atoms with van der Waals surface area (Å²) in [7, 11) is 1.64. The first-order valence-corrected chi connectivity index (χ1v) is 12.9. The number of nitrogens with zero attached hydrogens (tertiary/aromatic N) is 4. The molecule has 10 heteroatoms. The maximum absolute atomic E-state index is 13.3. The van der Waals surface area contributed by atoms with Crippen LogP contribution < -0.4 is 10.6 Å². The zero-order chi connectivity index (χ0) is 23.5. The Morgan fingerprint density at radius 1 is 1.24 bits per heavy atom. The maximum Gasteiger partial charge on any atom is 0.253 e. The molecule has 1 saturated carbocycles. The third-order valence-electron chi connectivity index (χ3n) is 6.52. The van der Waals surface area contributed by atoms with Crippen molar-refractivity contribution in [3.8, 4) is 0 Å². The van der Waals surface area contributed by atoms with E-state index in [0.717, 1.165) is 54.3 Å². The second-order valence-corrected chi connectivity index (χ2v) is 9.95. The van der Waals surface area contributed by atoms with Crippen molar-refractivity contribution in [3.63, 3.8) is 0 Å². The Labute approximate surface area is 202 Å². The van der Waals surface area contributed by atoms with Crippen molar-refractivity contribution in [3.05, 3.63) is 35.9 Å². The molecule has 2 amide bonds. The fraction of sp³-hybridized carbons (Fsp3) is 0.500. The smallest absolute Gasteiger partial charge is 0.253 e. The highest BCUT2D eigenvalue weighted by Gasteiger charge is 2.23. The van der Waals surface area contributed by atoms with E-state index in [9.17, 15) is 9.59 Å². The van der Waals surface area contributed by atoms with Crippen molar-refractivity contribution >= 4 is 40.3 Å². The van der Waals surface area contributed by atoms with Crippen LogP contribution in [0.25, 0.3) is 11.0 Å². The SMILES string of the molecule is COCCn1cnc2cc(NC(=O)C3CCCCC3)cc(C(=O)NCc3cn4c(n3)SCC4)c21. The van der Waals surface area contributed by atoms with Crippen molar-refractivity contribution in [1.29, 1.82) is 0 Å². The average molecular weight is 483 g/mol. The molecule has 2 N–H and O–H groups in total. The lowest BCUT2D eigenvalue weighted by molar-refractivity contribution is -0.120. The summed E-state index contributed by atoms with van der Waals surface area (Å²) in [6.07, 6.45) is 8.91. The van der Waals surface area contributed by atoms with E-state index in [4.69, 9.17) is 4.74 Å². The van der Waals surface area contributed by atoms with Gasteiger partial charge in [-0.1, -0.05) is 31.0 Å². The van der Waals surface area contributed by atoms with Gasteiger partial charge in [0.05, 0.1) is 41.8 Å². The number of carbonyl (C=O) groups is 2. The first-order valence-electron chi connectivity index (χ1n) is 11.9. The number of anilines is 1. The summed E-state index contributed by atoms with van der Waals surface area (Å²) in [5.41, 5.74) is 3.31. The highest BCUT2D eigenvalue weighted by Crippen LogP contribution is 2.28. The number of hydrogen-bond acceptors (Lipinski definition) is 6. The van der Waals surface area contributed by atoms with Crippen molar-refractivity contribution in [2.45, 2.75) is 56.9 Å². The number of benzene rings is 1. The molecule has 0 atom stereocenters. The van der Waals surface area contributed by atoms with E-state index >= 15 is 0 Å². The predicted octanol–water partition coefficient (Wildman–Crippen LogP) is 3.43. The fourth-order valence-electron chi connectivity index (χ4n) is 4.74. The molecule has 3 aromatic rings. The number of amides is 2. The third kappa shape index (κ3) is 4.83. The summed E-state index contributed by atoms with van der Waals surface area (Å²) in [5.74, 6) is 0.868. The number of hydrogen-bond donors (Lipinski definition) is 2. The van der Waals surface area contributed by atoms with Crippen LogP contribution >= 0.6 is 11.8 Å². The van der Waals surface area contributed by atoms with Crippen LogP contribution in [0.3, 0.4) is 0 Å². The molecule has 2 aliphatic rings. The molecule has 0 radical (unpaired) electrons. The third-order valence-corrected chi connectivity index (χ3v) is 7.49. The Morgan fingerprint density at radius 3 is 2.88 bits per heavy atom. The van der Waals surface area contributed by atoms with Crippen LogP contribution in [0.2, 0.25) is 0 Å². The number of fused-ring (bicyclic) bond motifs is 2. The quantitative estimate of drug-likeness (QED) is 0.510. The van der Waals surface area contributed by atoms with E-state index in [1.54, 1.807) is 31.3 Å². The Kier molecular flexibility index (Phi) is 6.87. The van der Waals surface area contributed by atoms with Crippen LogP contribution in [0, 0.1) is 5.92 Å². The number of imidazole rings is 2. The lowest BCUT2D eigenvalue weighted by Gasteiger charge is -2.21. The number of aromatic nitrogens is 4. The van der Waals surface area contributed by atoms with Gasteiger partial charge in [-0.25, -0.2) is 9.97 Å². The summed E-state index contributed by atoms with van der Waals surface area (Å²) in [4.78, 5) is 35.3. The monoisotopic (exact) mass is 482 g/mol. The first-order chi connectivity index (χ1) is 16.6. The number of thioether (sulfide) groups is 1. The predicted molar refractivity (Wildman–Crippen MR) is 131 cm³/mol. The molecule has 0 bridgehead atoms. The van der Waals surface area contributed by atoms with Crippen molar-refractivity contribution in [2.24, 2.45) is 5.92 Å². The summed E-state index contributed by atoms with van der Waals surface area (Å²) < 4.78 is 9.26. The molecule has 3 heterocycles. The van der Waals surface area contributed by atoms with E-state index in [1.807, 2.05) is 16.8 Å². The number of nitrogens with one attached hydrogen (secondary N) is 2. The van der Waals surface area contributed by atoms with Gasteiger partial charge in [0.15, 0.2) is 5.16 Å². The topological polar surface area (TPSA) is 103 Å². The van der Waals surface area contributed by atoms with Gasteiger partial charge in [-0.05, 0) is 25.0 Å². The van der Waals surface area contributed by atoms with Crippen molar-refractivity contribution < 1.29 is 14.3 Å². The summed E-state index contributed by atoms with van der Waals surface area (Å²) >= 11 is 1.73. The van der Waals surface area contributed by atoms with Gasteiger partial charge >= 0.3 is 0 Å². The minimum Gasteiger partial charge on any atom is -0.383 e. The normalized spacial score (nSPS) is 16.0. The van der Waals surface area contributed by atoms with Crippen LogP contribution in [-0.4, -0.2) is 50.4 Å². The molecule has 1 aliphatic carbocycles. The van der Waals surface area contributed by atoms with Gasteiger partial charge in [0.1, 0.15) is 0 Å². The summed E-state index contributed by atoms with van der Waals surface area (Å²) in [5, 5.41) is 7.04. The standard InChI is InChI=1S/C24H30N6O3S/c1-33-9-7-30-15-26-20-12-17(27-22(31)16-5-3-2-4-6-16)11-19(21(20)30)23(32)25-13-18-14-29-8-10-34-24(29)28-18/h11-12,14-16H,2-10,13H2,1H3,(H,25,32)(H,27,31). The van der Waals surface area contributed by atoms with Crippen LogP contribution in [0.5, 0.6) is 0 Å². The molecule has 2 aromatic heterocycles. The summed E-state index contributed by atoms with van der Waals surface area (Å²) in [6, 6.07) is 3.60. The molecule has 5 rings (SSSR count). The number of carbonyl (C=O) groups excluding carboxylic acids is 2. The van der Waals surface area contributed by atoms with E-state index < -0.39 is 0 Å². The fourth-order valence-corrected chi connectivity index (χ4v) is 5.70. The second-order valence-electron chi connectivity index (χ2n) is 8.89. The van der Waals surface area contributed by atoms with E-state index in [0.29, 0.717) is 36.5 Å². The molecule has 0 spiro atoms. The Balaban J connectivity index is 1.39. The van der Waals surface area contributed by atoms with Crippen molar-refractivity contribution in [1.82, 2.24) is 24.4 Å². The molecular formula is C24H30N6O3S. The number of rotatable bonds is 8. The molecule has 9 nitrogen and oxygen atoms in total. The molecule has 180 valence electrons. The van der Waals surface area contributed by atoms with Gasteiger partial charge in [-0.15, -0.1) is 0 Å². The number of ether oxygens (including phenoxy) is 1. The average Bonchev–Trinajstić information content (AvgIpc) is 3.56. The van der Waals surface area contributed by atoms with Gasteiger partial charge < -0.3 is 24.5 Å². The summed E-state index contributed by atoms with van der Waals surface area (Å²) in [6.45, 7) is 2.37. The Morgan fingerprint density at radius 2 is 2.09 bits per heavy atom. The van der Waals surface area contributed by atoms with Gasteiger partial charge in [-0.2, -0.15) is 0 Å². The van der Waals surface area contributed by atoms with Gasteiger partial charge in [0.25, 0.3) is 5.91 Å².